The van der Waals surface area contributed by atoms with E-state index in [2.05, 4.69) is 26.6 Å². The molecular weight excluding hydrogens is 294 g/mol. The van der Waals surface area contributed by atoms with Gasteiger partial charge < -0.3 is 14.6 Å². The van der Waals surface area contributed by atoms with Gasteiger partial charge in [-0.25, -0.2) is 0 Å². The van der Waals surface area contributed by atoms with Crippen molar-refractivity contribution >= 4 is 0 Å². The Balaban J connectivity index is 1.49. The molecule has 7 nitrogen and oxygen atoms in total. The Hall–Kier alpha value is -1.73. The number of rotatable bonds is 7. The summed E-state index contributed by atoms with van der Waals surface area (Å²) in [6.45, 7) is 4.61. The lowest BCUT2D eigenvalue weighted by Gasteiger charge is -2.32. The van der Waals surface area contributed by atoms with Gasteiger partial charge in [0, 0.05) is 51.7 Å². The number of nitrogens with one attached hydrogen (secondary N) is 1. The summed E-state index contributed by atoms with van der Waals surface area (Å²) in [5.74, 6) is 1.95. The molecule has 0 unspecified atom stereocenters. The molecule has 0 saturated carbocycles. The van der Waals surface area contributed by atoms with Crippen molar-refractivity contribution < 1.29 is 9.26 Å². The summed E-state index contributed by atoms with van der Waals surface area (Å²) < 4.78 is 13.0. The molecule has 1 N–H and O–H groups in total. The maximum atomic E-state index is 6.01. The van der Waals surface area contributed by atoms with Crippen LogP contribution in [0.2, 0.25) is 0 Å². The monoisotopic (exact) mass is 319 g/mol. The van der Waals surface area contributed by atoms with Crippen LogP contribution in [0.3, 0.4) is 0 Å². The van der Waals surface area contributed by atoms with Gasteiger partial charge in [-0.15, -0.1) is 0 Å². The van der Waals surface area contributed by atoms with E-state index < -0.39 is 0 Å². The first kappa shape index (κ1) is 16.1. The second-order valence-electron chi connectivity index (χ2n) is 5.99. The molecule has 2 aromatic rings. The summed E-state index contributed by atoms with van der Waals surface area (Å²) in [5, 5.41) is 11.7. The molecule has 7 heteroatoms. The van der Waals surface area contributed by atoms with Crippen LogP contribution in [0.4, 0.5) is 0 Å². The smallest absolute Gasteiger partial charge is 0.226 e. The van der Waals surface area contributed by atoms with Gasteiger partial charge >= 0.3 is 0 Å². The maximum absolute atomic E-state index is 6.01. The number of nitrogens with zero attached hydrogens (tertiary/aromatic N) is 4. The number of ether oxygens (including phenoxy) is 1. The van der Waals surface area contributed by atoms with Gasteiger partial charge in [0.2, 0.25) is 5.89 Å². The molecule has 0 aromatic carbocycles. The molecule has 1 fully saturated rings. The van der Waals surface area contributed by atoms with E-state index in [0.717, 1.165) is 50.5 Å². The summed E-state index contributed by atoms with van der Waals surface area (Å²) in [5.41, 5.74) is 1.15. The van der Waals surface area contributed by atoms with Crippen LogP contribution in [0.25, 0.3) is 0 Å². The number of hydrogen-bond donors (Lipinski definition) is 1. The van der Waals surface area contributed by atoms with Crippen LogP contribution in [0, 0.1) is 5.92 Å². The highest BCUT2D eigenvalue weighted by Gasteiger charge is 2.29. The van der Waals surface area contributed by atoms with Gasteiger partial charge in [-0.3, -0.25) is 4.68 Å². The second-order valence-corrected chi connectivity index (χ2v) is 5.99. The molecule has 1 aliphatic heterocycles. The minimum absolute atomic E-state index is 0.126. The van der Waals surface area contributed by atoms with Crippen LogP contribution in [0.1, 0.15) is 43.3 Å². The molecule has 3 rings (SSSR count). The highest BCUT2D eigenvalue weighted by atomic mass is 16.5. The Kier molecular flexibility index (Phi) is 5.40. The van der Waals surface area contributed by atoms with Gasteiger partial charge in [-0.2, -0.15) is 10.1 Å². The van der Waals surface area contributed by atoms with Crippen molar-refractivity contribution in [3.05, 3.63) is 29.7 Å². The third-order valence-corrected chi connectivity index (χ3v) is 4.34. The lowest BCUT2D eigenvalue weighted by Crippen LogP contribution is -2.33. The molecule has 0 amide bonds. The minimum atomic E-state index is 0.126. The summed E-state index contributed by atoms with van der Waals surface area (Å²) in [6.07, 6.45) is 5.82. The summed E-state index contributed by atoms with van der Waals surface area (Å²) in [6, 6.07) is 2.05. The van der Waals surface area contributed by atoms with Crippen LogP contribution < -0.4 is 5.32 Å². The first-order valence-corrected chi connectivity index (χ1v) is 8.39. The van der Waals surface area contributed by atoms with Gasteiger partial charge in [0.1, 0.15) is 6.10 Å². The molecule has 2 aromatic heterocycles. The van der Waals surface area contributed by atoms with Crippen molar-refractivity contribution in [2.45, 2.75) is 38.7 Å². The first-order valence-electron chi connectivity index (χ1n) is 8.39. The van der Waals surface area contributed by atoms with Gasteiger partial charge in [0.05, 0.1) is 5.69 Å². The molecule has 0 aliphatic carbocycles. The summed E-state index contributed by atoms with van der Waals surface area (Å²) in [7, 11) is 1.97. The molecule has 3 heterocycles. The molecular formula is C16H25N5O2. The number of aromatic nitrogens is 4. The SMILES string of the molecule is CCc1nc(CCNC[C@@H]2CCCO[C@H]2c2ccnn2C)no1. The van der Waals surface area contributed by atoms with Crippen molar-refractivity contribution in [3.63, 3.8) is 0 Å². The van der Waals surface area contributed by atoms with Gasteiger partial charge in [-0.05, 0) is 18.9 Å². The lowest BCUT2D eigenvalue weighted by molar-refractivity contribution is -0.0321. The fourth-order valence-electron chi connectivity index (χ4n) is 3.07. The van der Waals surface area contributed by atoms with Crippen LogP contribution in [-0.4, -0.2) is 39.6 Å². The van der Waals surface area contributed by atoms with Gasteiger partial charge in [0.15, 0.2) is 5.82 Å². The van der Waals surface area contributed by atoms with Crippen LogP contribution in [0.15, 0.2) is 16.8 Å². The van der Waals surface area contributed by atoms with Crippen LogP contribution in [0.5, 0.6) is 0 Å². The average molecular weight is 319 g/mol. The van der Waals surface area contributed by atoms with E-state index in [-0.39, 0.29) is 6.10 Å². The zero-order valence-corrected chi connectivity index (χ0v) is 13.9. The third-order valence-electron chi connectivity index (χ3n) is 4.34. The van der Waals surface area contributed by atoms with E-state index in [1.165, 1.54) is 6.42 Å². The third kappa shape index (κ3) is 3.97. The van der Waals surface area contributed by atoms with Gasteiger partial charge in [0.25, 0.3) is 0 Å². The largest absolute Gasteiger partial charge is 0.372 e. The summed E-state index contributed by atoms with van der Waals surface area (Å²) in [4.78, 5) is 4.33. The van der Waals surface area contributed by atoms with E-state index in [4.69, 9.17) is 9.26 Å². The Bertz CT molecular complexity index is 609. The standard InChI is InChI=1S/C16H25N5O2/c1-3-15-19-14(20-23-15)7-8-17-11-12-5-4-10-22-16(12)13-6-9-18-21(13)2/h6,9,12,16-17H,3-5,7-8,10-11H2,1-2H3/t12-,16+/m0/s1. The highest BCUT2D eigenvalue weighted by Crippen LogP contribution is 2.32. The van der Waals surface area contributed by atoms with Crippen molar-refractivity contribution in [2.75, 3.05) is 19.7 Å². The molecule has 23 heavy (non-hydrogen) atoms. The average Bonchev–Trinajstić information content (AvgIpc) is 3.20. The maximum Gasteiger partial charge on any atom is 0.226 e. The molecule has 126 valence electrons. The molecule has 0 bridgehead atoms. The lowest BCUT2D eigenvalue weighted by atomic mass is 9.92. The molecule has 0 spiro atoms. The Morgan fingerprint density at radius 3 is 3.09 bits per heavy atom. The summed E-state index contributed by atoms with van der Waals surface area (Å²) >= 11 is 0. The molecule has 1 aliphatic rings. The molecule has 2 atom stereocenters. The predicted octanol–water partition coefficient (Wildman–Crippen LogP) is 1.67. The van der Waals surface area contributed by atoms with E-state index in [0.29, 0.717) is 11.8 Å². The van der Waals surface area contributed by atoms with Gasteiger partial charge in [-0.1, -0.05) is 12.1 Å². The number of hydrogen-bond acceptors (Lipinski definition) is 6. The van der Waals surface area contributed by atoms with Crippen molar-refractivity contribution in [1.82, 2.24) is 25.2 Å². The van der Waals surface area contributed by atoms with E-state index in [1.807, 2.05) is 24.9 Å². The van der Waals surface area contributed by atoms with E-state index in [1.54, 1.807) is 0 Å². The van der Waals surface area contributed by atoms with Crippen molar-refractivity contribution in [1.29, 1.82) is 0 Å². The first-order chi connectivity index (χ1) is 11.3. The fraction of sp³-hybridized carbons (Fsp3) is 0.688. The second kappa shape index (κ2) is 7.70. The topological polar surface area (TPSA) is 78.0 Å². The zero-order chi connectivity index (χ0) is 16.1. The van der Waals surface area contributed by atoms with Crippen LogP contribution in [-0.2, 0) is 24.6 Å². The Labute approximate surface area is 136 Å². The van der Waals surface area contributed by atoms with E-state index >= 15 is 0 Å². The Morgan fingerprint density at radius 2 is 2.35 bits per heavy atom. The van der Waals surface area contributed by atoms with Crippen molar-refractivity contribution in [3.8, 4) is 0 Å². The molecule has 0 radical (unpaired) electrons. The Morgan fingerprint density at radius 1 is 1.43 bits per heavy atom. The fourth-order valence-corrected chi connectivity index (χ4v) is 3.07. The highest BCUT2D eigenvalue weighted by molar-refractivity contribution is 5.07. The quantitative estimate of drug-likeness (QED) is 0.782. The van der Waals surface area contributed by atoms with Crippen molar-refractivity contribution in [2.24, 2.45) is 13.0 Å². The normalized spacial score (nSPS) is 21.7. The minimum Gasteiger partial charge on any atom is -0.372 e. The van der Waals surface area contributed by atoms with Crippen LogP contribution >= 0.6 is 0 Å². The number of aryl methyl sites for hydroxylation is 2. The zero-order valence-electron chi connectivity index (χ0n) is 13.9. The van der Waals surface area contributed by atoms with E-state index in [9.17, 15) is 0 Å². The molecule has 1 saturated heterocycles. The predicted molar refractivity (Wildman–Crippen MR) is 84.9 cm³/mol.